The summed E-state index contributed by atoms with van der Waals surface area (Å²) in [6.07, 6.45) is 4.65. The molecule has 1 aliphatic carbocycles. The molecule has 1 amide bonds. The summed E-state index contributed by atoms with van der Waals surface area (Å²) in [6.45, 7) is 3.43. The van der Waals surface area contributed by atoms with Gasteiger partial charge in [-0.05, 0) is 42.0 Å². The maximum atomic E-state index is 11.2. The number of nitrogens with two attached hydrogens (primary N) is 1. The van der Waals surface area contributed by atoms with Crippen molar-refractivity contribution in [1.82, 2.24) is 9.88 Å². The van der Waals surface area contributed by atoms with Crippen LogP contribution in [0.25, 0.3) is 10.9 Å². The summed E-state index contributed by atoms with van der Waals surface area (Å²) in [7, 11) is 0. The number of benzene rings is 1. The van der Waals surface area contributed by atoms with E-state index in [-0.39, 0.29) is 11.8 Å². The molecule has 2 aromatic rings. The number of hydrogen-bond donors (Lipinski definition) is 2. The molecule has 0 radical (unpaired) electrons. The quantitative estimate of drug-likeness (QED) is 0.844. The fourth-order valence-corrected chi connectivity index (χ4v) is 2.45. The highest BCUT2D eigenvalue weighted by Crippen LogP contribution is 2.21. The first kappa shape index (κ1) is 13.2. The van der Waals surface area contributed by atoms with Gasteiger partial charge in [0.2, 0.25) is 5.91 Å². The Morgan fingerprint density at radius 1 is 1.45 bits per heavy atom. The van der Waals surface area contributed by atoms with E-state index in [0.717, 1.165) is 18.1 Å². The fraction of sp³-hybridized carbons (Fsp3) is 0.438. The van der Waals surface area contributed by atoms with E-state index in [1.54, 1.807) is 0 Å². The van der Waals surface area contributed by atoms with Gasteiger partial charge in [0.05, 0.1) is 5.92 Å². The van der Waals surface area contributed by atoms with Gasteiger partial charge in [0.1, 0.15) is 0 Å². The highest BCUT2D eigenvalue weighted by Gasteiger charge is 2.20. The van der Waals surface area contributed by atoms with Gasteiger partial charge in [-0.1, -0.05) is 13.0 Å². The number of aromatic nitrogens is 1. The first-order valence-electron chi connectivity index (χ1n) is 7.24. The first-order valence-corrected chi connectivity index (χ1v) is 7.24. The third-order valence-electron chi connectivity index (χ3n) is 3.96. The zero-order valence-corrected chi connectivity index (χ0v) is 11.8. The molecule has 4 heteroatoms. The molecule has 1 heterocycles. The number of primary amides is 1. The molecule has 3 N–H and O–H groups in total. The molecule has 4 nitrogen and oxygen atoms in total. The van der Waals surface area contributed by atoms with Crippen molar-refractivity contribution in [2.75, 3.05) is 0 Å². The van der Waals surface area contributed by atoms with E-state index in [1.165, 1.54) is 23.8 Å². The van der Waals surface area contributed by atoms with Gasteiger partial charge in [-0.25, -0.2) is 0 Å². The molecular weight excluding hydrogens is 250 g/mol. The number of rotatable bonds is 6. The van der Waals surface area contributed by atoms with Crippen LogP contribution in [-0.2, 0) is 17.9 Å². The highest BCUT2D eigenvalue weighted by molar-refractivity contribution is 5.81. The van der Waals surface area contributed by atoms with E-state index in [4.69, 9.17) is 5.73 Å². The smallest absolute Gasteiger partial charge is 0.222 e. The summed E-state index contributed by atoms with van der Waals surface area (Å²) in [5, 5.41) is 4.74. The Kier molecular flexibility index (Phi) is 3.49. The number of nitrogens with one attached hydrogen (secondary N) is 1. The summed E-state index contributed by atoms with van der Waals surface area (Å²) >= 11 is 0. The van der Waals surface area contributed by atoms with E-state index in [0.29, 0.717) is 6.54 Å². The summed E-state index contributed by atoms with van der Waals surface area (Å²) in [5.41, 5.74) is 7.80. The predicted octanol–water partition coefficient (Wildman–Crippen LogP) is 2.01. The largest absolute Gasteiger partial charge is 0.369 e. The van der Waals surface area contributed by atoms with Crippen LogP contribution >= 0.6 is 0 Å². The molecule has 1 aliphatic rings. The Labute approximate surface area is 118 Å². The molecule has 1 atom stereocenters. The molecule has 0 bridgehead atoms. The normalized spacial score (nSPS) is 16.4. The van der Waals surface area contributed by atoms with Crippen LogP contribution in [-0.4, -0.2) is 16.5 Å². The van der Waals surface area contributed by atoms with Gasteiger partial charge in [0, 0.05) is 30.8 Å². The van der Waals surface area contributed by atoms with E-state index in [1.807, 2.05) is 13.1 Å². The Bertz CT molecular complexity index is 628. The third kappa shape index (κ3) is 2.85. The maximum Gasteiger partial charge on any atom is 0.222 e. The zero-order chi connectivity index (χ0) is 14.1. The molecule has 106 valence electrons. The van der Waals surface area contributed by atoms with Crippen LogP contribution in [0.2, 0.25) is 0 Å². The van der Waals surface area contributed by atoms with E-state index in [2.05, 4.69) is 34.1 Å². The molecule has 3 rings (SSSR count). The molecular formula is C16H21N3O. The molecule has 1 saturated carbocycles. The van der Waals surface area contributed by atoms with Crippen molar-refractivity contribution in [3.05, 3.63) is 36.0 Å². The summed E-state index contributed by atoms with van der Waals surface area (Å²) in [6, 6.07) is 9.34. The van der Waals surface area contributed by atoms with E-state index in [9.17, 15) is 4.79 Å². The number of amides is 1. The van der Waals surface area contributed by atoms with Crippen molar-refractivity contribution < 1.29 is 4.79 Å². The van der Waals surface area contributed by atoms with Gasteiger partial charge in [-0.3, -0.25) is 4.79 Å². The topological polar surface area (TPSA) is 60.1 Å². The zero-order valence-electron chi connectivity index (χ0n) is 11.8. The SMILES string of the molecule is CC(Cn1ccc2cc(CNC3CC3)ccc21)C(N)=O. The van der Waals surface area contributed by atoms with Crippen LogP contribution in [0.1, 0.15) is 25.3 Å². The van der Waals surface area contributed by atoms with Crippen LogP contribution in [0.3, 0.4) is 0 Å². The summed E-state index contributed by atoms with van der Waals surface area (Å²) < 4.78 is 2.10. The Morgan fingerprint density at radius 2 is 2.25 bits per heavy atom. The lowest BCUT2D eigenvalue weighted by Crippen LogP contribution is -2.24. The molecule has 1 aromatic heterocycles. The Morgan fingerprint density at radius 3 is 2.95 bits per heavy atom. The Balaban J connectivity index is 1.76. The number of fused-ring (bicyclic) bond motifs is 1. The van der Waals surface area contributed by atoms with Crippen LogP contribution in [0.5, 0.6) is 0 Å². The molecule has 1 fully saturated rings. The fourth-order valence-electron chi connectivity index (χ4n) is 2.45. The lowest BCUT2D eigenvalue weighted by molar-refractivity contribution is -0.121. The van der Waals surface area contributed by atoms with Gasteiger partial charge in [-0.15, -0.1) is 0 Å². The monoisotopic (exact) mass is 271 g/mol. The van der Waals surface area contributed by atoms with E-state index >= 15 is 0 Å². The van der Waals surface area contributed by atoms with Gasteiger partial charge < -0.3 is 15.6 Å². The van der Waals surface area contributed by atoms with Gasteiger partial charge in [0.15, 0.2) is 0 Å². The summed E-state index contributed by atoms with van der Waals surface area (Å²) in [5.74, 6) is -0.404. The van der Waals surface area contributed by atoms with Crippen LogP contribution in [0.4, 0.5) is 0 Å². The van der Waals surface area contributed by atoms with Gasteiger partial charge in [-0.2, -0.15) is 0 Å². The molecule has 20 heavy (non-hydrogen) atoms. The number of nitrogens with zero attached hydrogens (tertiary/aromatic N) is 1. The molecule has 0 aliphatic heterocycles. The van der Waals surface area contributed by atoms with Crippen LogP contribution < -0.4 is 11.1 Å². The minimum atomic E-state index is -0.253. The average molecular weight is 271 g/mol. The highest BCUT2D eigenvalue weighted by atomic mass is 16.1. The predicted molar refractivity (Wildman–Crippen MR) is 80.2 cm³/mol. The number of carbonyl (C=O) groups is 1. The van der Waals surface area contributed by atoms with Crippen LogP contribution in [0.15, 0.2) is 30.5 Å². The maximum absolute atomic E-state index is 11.2. The lowest BCUT2D eigenvalue weighted by atomic mass is 10.1. The number of carbonyl (C=O) groups excluding carboxylic acids is 1. The van der Waals surface area contributed by atoms with Crippen molar-refractivity contribution in [2.45, 2.75) is 38.9 Å². The van der Waals surface area contributed by atoms with Crippen molar-refractivity contribution >= 4 is 16.8 Å². The minimum Gasteiger partial charge on any atom is -0.369 e. The minimum absolute atomic E-state index is 0.151. The first-order chi connectivity index (χ1) is 9.63. The van der Waals surface area contributed by atoms with Gasteiger partial charge >= 0.3 is 0 Å². The van der Waals surface area contributed by atoms with E-state index < -0.39 is 0 Å². The summed E-state index contributed by atoms with van der Waals surface area (Å²) in [4.78, 5) is 11.2. The van der Waals surface area contributed by atoms with Gasteiger partial charge in [0.25, 0.3) is 0 Å². The second-order valence-electron chi connectivity index (χ2n) is 5.82. The van der Waals surface area contributed by atoms with Crippen molar-refractivity contribution in [2.24, 2.45) is 11.7 Å². The van der Waals surface area contributed by atoms with Crippen molar-refractivity contribution in [3.63, 3.8) is 0 Å². The average Bonchev–Trinajstić information content (AvgIpc) is 3.18. The van der Waals surface area contributed by atoms with Crippen molar-refractivity contribution in [3.8, 4) is 0 Å². The molecule has 0 saturated heterocycles. The second-order valence-corrected chi connectivity index (χ2v) is 5.82. The molecule has 1 aromatic carbocycles. The standard InChI is InChI=1S/C16H21N3O/c1-11(16(17)20)10-19-7-6-13-8-12(2-5-15(13)19)9-18-14-3-4-14/h2,5-8,11,14,18H,3-4,9-10H2,1H3,(H2,17,20). The third-order valence-corrected chi connectivity index (χ3v) is 3.96. The number of hydrogen-bond acceptors (Lipinski definition) is 2. The lowest BCUT2D eigenvalue weighted by Gasteiger charge is -2.10. The second kappa shape index (κ2) is 5.29. The van der Waals surface area contributed by atoms with Crippen LogP contribution in [0, 0.1) is 5.92 Å². The van der Waals surface area contributed by atoms with Crippen molar-refractivity contribution in [1.29, 1.82) is 0 Å². The molecule has 1 unspecified atom stereocenters. The Hall–Kier alpha value is -1.81. The molecule has 0 spiro atoms.